The number of nitrogens with zero attached hydrogens (tertiary/aromatic N) is 2. The Labute approximate surface area is 397 Å². The second kappa shape index (κ2) is 14.6. The van der Waals surface area contributed by atoms with Crippen LogP contribution in [0, 0.1) is 11.8 Å². The summed E-state index contributed by atoms with van der Waals surface area (Å²) < 4.78 is 16.2. The number of aromatic nitrogens is 1. The largest absolute Gasteiger partial charge is 0.456 e. The van der Waals surface area contributed by atoms with Crippen LogP contribution >= 0.6 is 0 Å². The number of furan rings is 2. The van der Waals surface area contributed by atoms with E-state index in [1.807, 2.05) is 6.07 Å². The molecule has 0 amide bonds. The van der Waals surface area contributed by atoms with E-state index in [2.05, 4.69) is 218 Å². The molecule has 0 bridgehead atoms. The molecule has 2 atom stereocenters. The third-order valence-corrected chi connectivity index (χ3v) is 15.0. The third kappa shape index (κ3) is 5.85. The van der Waals surface area contributed by atoms with Crippen LogP contribution in [0.25, 0.3) is 115 Å². The highest BCUT2D eigenvalue weighted by Gasteiger charge is 2.44. The molecule has 69 heavy (non-hydrogen) atoms. The summed E-state index contributed by atoms with van der Waals surface area (Å²) in [7, 11) is 0. The zero-order chi connectivity index (χ0) is 45.3. The lowest BCUT2D eigenvalue weighted by molar-refractivity contribution is 0.667. The Morgan fingerprint density at radius 1 is 0.478 bits per heavy atom. The number of allylic oxidation sites excluding steroid dienone is 3. The Kier molecular flexibility index (Phi) is 8.14. The van der Waals surface area contributed by atoms with Crippen molar-refractivity contribution < 1.29 is 8.83 Å². The molecule has 4 heterocycles. The second-order valence-electron chi connectivity index (χ2n) is 19.0. The van der Waals surface area contributed by atoms with Gasteiger partial charge in [0.2, 0.25) is 0 Å². The molecule has 2 aliphatic rings. The van der Waals surface area contributed by atoms with Crippen molar-refractivity contribution in [3.8, 4) is 16.8 Å². The second-order valence-corrected chi connectivity index (χ2v) is 19.0. The van der Waals surface area contributed by atoms with Crippen LogP contribution in [0.1, 0.15) is 30.0 Å². The molecule has 2 unspecified atom stereocenters. The number of benzene rings is 10. The molecule has 13 aromatic rings. The van der Waals surface area contributed by atoms with Gasteiger partial charge in [-0.25, -0.2) is 0 Å². The lowest BCUT2D eigenvalue weighted by atomic mass is 9.89. The van der Waals surface area contributed by atoms with E-state index < -0.39 is 0 Å². The molecule has 0 radical (unpaired) electrons. The van der Waals surface area contributed by atoms with Crippen LogP contribution < -0.4 is 0 Å². The third-order valence-electron chi connectivity index (χ3n) is 15.0. The van der Waals surface area contributed by atoms with E-state index in [1.165, 1.54) is 54.6 Å². The SMILES string of the molecule is CC1=C(c2cccc3c2oc2ccccc23)/N=C(/c2c(-n3c4cc5ccccc5cc4c4cc5ccccc5cc43)ccc3oc4ccccc4c23)C2CC2\C=C\1c1cccc(-c2ccccc2)c1. The quantitative estimate of drug-likeness (QED) is 0.173. The van der Waals surface area contributed by atoms with Crippen molar-refractivity contribution in [2.75, 3.05) is 0 Å². The van der Waals surface area contributed by atoms with E-state index >= 15 is 0 Å². The summed E-state index contributed by atoms with van der Waals surface area (Å²) in [5.41, 5.74) is 16.8. The summed E-state index contributed by atoms with van der Waals surface area (Å²) in [6.45, 7) is 2.26. The zero-order valence-electron chi connectivity index (χ0n) is 37.8. The average molecular weight is 883 g/mol. The molecule has 0 saturated heterocycles. The van der Waals surface area contributed by atoms with Crippen LogP contribution in [0.4, 0.5) is 0 Å². The van der Waals surface area contributed by atoms with Crippen LogP contribution in [-0.2, 0) is 0 Å². The zero-order valence-corrected chi connectivity index (χ0v) is 37.8. The lowest BCUT2D eigenvalue weighted by Gasteiger charge is -2.21. The van der Waals surface area contributed by atoms with Gasteiger partial charge in [-0.15, -0.1) is 0 Å². The van der Waals surface area contributed by atoms with Gasteiger partial charge in [-0.05, 0) is 129 Å². The van der Waals surface area contributed by atoms with Crippen molar-refractivity contribution in [1.29, 1.82) is 0 Å². The molecule has 3 aromatic heterocycles. The summed E-state index contributed by atoms with van der Waals surface area (Å²) in [5.74, 6) is 0.410. The van der Waals surface area contributed by atoms with E-state index in [0.29, 0.717) is 0 Å². The summed E-state index contributed by atoms with van der Waals surface area (Å²) in [5, 5.41) is 11.6. The van der Waals surface area contributed by atoms with Crippen molar-refractivity contribution >= 4 is 104 Å². The summed E-state index contributed by atoms with van der Waals surface area (Å²) in [6.07, 6.45) is 3.52. The number of hydrogen-bond donors (Lipinski definition) is 0. The summed E-state index contributed by atoms with van der Waals surface area (Å²) in [6, 6.07) is 74.5. The van der Waals surface area contributed by atoms with Crippen molar-refractivity contribution in [3.63, 3.8) is 0 Å². The molecule has 15 rings (SSSR count). The molecule has 4 nitrogen and oxygen atoms in total. The first kappa shape index (κ1) is 38.4. The number of hydrogen-bond acceptors (Lipinski definition) is 3. The molecular formula is C65H42N2O2. The molecule has 324 valence electrons. The molecule has 1 aliphatic heterocycles. The van der Waals surface area contributed by atoms with E-state index in [-0.39, 0.29) is 11.8 Å². The van der Waals surface area contributed by atoms with E-state index in [4.69, 9.17) is 13.8 Å². The van der Waals surface area contributed by atoms with E-state index in [1.54, 1.807) is 0 Å². The van der Waals surface area contributed by atoms with Gasteiger partial charge in [0.25, 0.3) is 0 Å². The van der Waals surface area contributed by atoms with Crippen molar-refractivity contribution in [3.05, 3.63) is 235 Å². The lowest BCUT2D eigenvalue weighted by Crippen LogP contribution is -2.13. The van der Waals surface area contributed by atoms with Crippen molar-refractivity contribution in [2.45, 2.75) is 13.3 Å². The van der Waals surface area contributed by atoms with Gasteiger partial charge in [0.1, 0.15) is 22.3 Å². The van der Waals surface area contributed by atoms with Gasteiger partial charge < -0.3 is 13.4 Å². The summed E-state index contributed by atoms with van der Waals surface area (Å²) in [4.78, 5) is 6.16. The smallest absolute Gasteiger partial charge is 0.144 e. The Hall–Kier alpha value is -8.73. The van der Waals surface area contributed by atoms with Gasteiger partial charge >= 0.3 is 0 Å². The highest BCUT2D eigenvalue weighted by Crippen LogP contribution is 2.52. The van der Waals surface area contributed by atoms with Crippen LogP contribution in [0.5, 0.6) is 0 Å². The number of aliphatic imine (C=N–C) groups is 1. The van der Waals surface area contributed by atoms with Gasteiger partial charge in [0.05, 0.1) is 28.1 Å². The molecule has 1 aliphatic carbocycles. The molecule has 4 heteroatoms. The molecular weight excluding hydrogens is 841 g/mol. The molecule has 0 N–H and O–H groups in total. The van der Waals surface area contributed by atoms with Gasteiger partial charge in [-0.2, -0.15) is 0 Å². The minimum atomic E-state index is 0.142. The van der Waals surface area contributed by atoms with E-state index in [0.717, 1.165) is 95.1 Å². The van der Waals surface area contributed by atoms with Crippen LogP contribution in [0.15, 0.2) is 232 Å². The maximum atomic E-state index is 6.88. The standard InChI is InChI=1S/C65H42N2O2/c1-38-51(45-22-13-21-40(31-45)39-15-3-2-4-16-39)34-46-35-52(46)64(66-63(38)50-26-14-25-48-47-23-9-11-27-58(47)69-65(48)50)62-55(29-30-60-61(62)49-24-10-12-28-59(49)68-60)67-56-36-43-19-7-5-17-41(43)32-53(56)54-33-42-18-6-8-20-44(42)37-57(54)67/h2-34,36-37,46,52H,35H2,1H3/b51-34-,63-38-,66-64+. The Balaban J connectivity index is 1.07. The Bertz CT molecular complexity index is 4330. The van der Waals surface area contributed by atoms with Gasteiger partial charge in [-0.1, -0.05) is 152 Å². The normalized spacial score (nSPS) is 18.8. The molecule has 10 aromatic carbocycles. The fraction of sp³-hybridized carbons (Fsp3) is 0.0615. The first-order valence-electron chi connectivity index (χ1n) is 24.0. The predicted octanol–water partition coefficient (Wildman–Crippen LogP) is 17.5. The Morgan fingerprint density at radius 3 is 1.81 bits per heavy atom. The maximum absolute atomic E-state index is 6.88. The number of fused-ring (bicyclic) bond motifs is 12. The van der Waals surface area contributed by atoms with E-state index in [9.17, 15) is 0 Å². The Morgan fingerprint density at radius 2 is 1.07 bits per heavy atom. The monoisotopic (exact) mass is 882 g/mol. The van der Waals surface area contributed by atoms with Crippen LogP contribution in [-0.4, -0.2) is 10.3 Å². The first-order valence-corrected chi connectivity index (χ1v) is 24.0. The maximum Gasteiger partial charge on any atom is 0.144 e. The number of para-hydroxylation sites is 3. The molecule has 0 spiro atoms. The minimum absolute atomic E-state index is 0.142. The van der Waals surface area contributed by atoms with Gasteiger partial charge in [-0.3, -0.25) is 4.99 Å². The van der Waals surface area contributed by atoms with Crippen molar-refractivity contribution in [2.24, 2.45) is 16.8 Å². The topological polar surface area (TPSA) is 43.6 Å². The number of rotatable bonds is 5. The van der Waals surface area contributed by atoms with Gasteiger partial charge in [0.15, 0.2) is 0 Å². The van der Waals surface area contributed by atoms with Crippen molar-refractivity contribution in [1.82, 2.24) is 4.57 Å². The summed E-state index contributed by atoms with van der Waals surface area (Å²) >= 11 is 0. The van der Waals surface area contributed by atoms with Gasteiger partial charge in [0, 0.05) is 49.4 Å². The fourth-order valence-electron chi connectivity index (χ4n) is 11.6. The molecule has 1 fully saturated rings. The minimum Gasteiger partial charge on any atom is -0.456 e. The van der Waals surface area contributed by atoms with Crippen LogP contribution in [0.3, 0.4) is 0 Å². The van der Waals surface area contributed by atoms with Crippen LogP contribution in [0.2, 0.25) is 0 Å². The highest BCUT2D eigenvalue weighted by atomic mass is 16.3. The highest BCUT2D eigenvalue weighted by molar-refractivity contribution is 6.25. The fourth-order valence-corrected chi connectivity index (χ4v) is 11.6. The first-order chi connectivity index (χ1) is 34.1. The average Bonchev–Trinajstić information content (AvgIpc) is 3.73. The predicted molar refractivity (Wildman–Crippen MR) is 287 cm³/mol. The molecule has 1 saturated carbocycles.